The number of nitroso groups, excluding NO2 is 1. The molecule has 10 rings (SSSR count). The number of halogens is 3. The van der Waals surface area contributed by atoms with Crippen LogP contribution in [-0.2, 0) is 21.3 Å². The van der Waals surface area contributed by atoms with Gasteiger partial charge in [0.15, 0.2) is 11.5 Å². The number of carbonyl (C=O) groups is 1. The first-order valence-electron chi connectivity index (χ1n) is 26.1. The zero-order chi connectivity index (χ0) is 53.4. The third-order valence-electron chi connectivity index (χ3n) is 16.2. The molecule has 76 heavy (non-hydrogen) atoms. The maximum atomic E-state index is 16.6. The number of hydrogen-bond acceptors (Lipinski definition) is 14. The van der Waals surface area contributed by atoms with Crippen LogP contribution in [-0.4, -0.2) is 119 Å². The molecule has 5 heterocycles. The van der Waals surface area contributed by atoms with Gasteiger partial charge in [0.2, 0.25) is 0 Å². The lowest BCUT2D eigenvalue weighted by molar-refractivity contribution is -0.0628. The Labute approximate surface area is 441 Å². The van der Waals surface area contributed by atoms with Gasteiger partial charge in [-0.2, -0.15) is 0 Å². The number of carbonyl (C=O) groups excluding carboxylic acids is 1. The van der Waals surface area contributed by atoms with Crippen LogP contribution in [0.25, 0.3) is 11.0 Å². The van der Waals surface area contributed by atoms with Crippen molar-refractivity contribution in [2.24, 2.45) is 10.6 Å². The van der Waals surface area contributed by atoms with Gasteiger partial charge in [-0.1, -0.05) is 50.3 Å². The molecule has 2 aliphatic carbocycles. The van der Waals surface area contributed by atoms with E-state index in [-0.39, 0.29) is 84.4 Å². The van der Waals surface area contributed by atoms with E-state index in [2.05, 4.69) is 80.5 Å². The molecular weight excluding hydrogens is 1000 g/mol. The molecule has 4 fully saturated rings. The Morgan fingerprint density at radius 3 is 2.45 bits per heavy atom. The van der Waals surface area contributed by atoms with Crippen LogP contribution >= 0.6 is 0 Å². The molecule has 0 radical (unpaired) electrons. The van der Waals surface area contributed by atoms with Gasteiger partial charge in [0.1, 0.15) is 40.1 Å². The van der Waals surface area contributed by atoms with Crippen molar-refractivity contribution in [1.82, 2.24) is 29.8 Å². The Morgan fingerprint density at radius 2 is 1.71 bits per heavy atom. The Hall–Kier alpha value is -6.32. The number of rotatable bonds is 17. The Bertz CT molecular complexity index is 3150. The summed E-state index contributed by atoms with van der Waals surface area (Å²) in [5.41, 5.74) is 2.13. The van der Waals surface area contributed by atoms with Crippen molar-refractivity contribution < 1.29 is 45.3 Å². The highest BCUT2D eigenvalue weighted by Crippen LogP contribution is 2.54. The first kappa shape index (κ1) is 53.1. The third kappa shape index (κ3) is 11.1. The molecule has 5 aliphatic rings. The lowest BCUT2D eigenvalue weighted by Gasteiger charge is -2.58. The molecule has 3 saturated heterocycles. The molecule has 1 spiro atoms. The molecule has 2 aromatic heterocycles. The summed E-state index contributed by atoms with van der Waals surface area (Å²) >= 11 is 0. The largest absolute Gasteiger partial charge is 0.493 e. The number of alkyl halides is 1. The SMILES string of the molecule is COc1ccc(CN2CCN(C3CC4(CCN(c5cc(Oc6cnc7[nH]cc(F)c7c6)c(C(=O)NS(=O)(=O)C6=CCC(NCC7(F)CCOCC7)C(N=O)=C6)cc5F)CC4)C3)[C@H](c3ccccc3C(C)C)C2)cc1OC. The zero-order valence-corrected chi connectivity index (χ0v) is 44.1. The number of methoxy groups -OCH3 is 2. The van der Waals surface area contributed by atoms with Crippen molar-refractivity contribution in [2.75, 3.05) is 71.6 Å². The van der Waals surface area contributed by atoms with Gasteiger partial charge in [-0.25, -0.2) is 31.3 Å². The number of fused-ring (bicyclic) bond motifs is 1. The number of pyridine rings is 1. The van der Waals surface area contributed by atoms with E-state index in [4.69, 9.17) is 18.9 Å². The van der Waals surface area contributed by atoms with Gasteiger partial charge in [-0.3, -0.25) is 14.6 Å². The average Bonchev–Trinajstić information content (AvgIpc) is 3.80. The van der Waals surface area contributed by atoms with Gasteiger partial charge in [-0.15, -0.1) is 4.91 Å². The number of aromatic nitrogens is 2. The standard InChI is InChI=1S/C56H65F3N8O8S/c1-35(2)40-7-5-6-8-41(40)49-33-65(32-36-9-12-50(72-3)52(23-36)73-4)19-20-67(49)37-28-55(29-37)13-17-66(18-14-55)48-27-51(75-38-24-42-45(58)31-61-53(42)60-30-38)43(26-44(48)57)54(68)64-76(70,71)39-10-11-46(47(25-39)63-69)62-34-56(59)15-21-74-22-16-56/h5-10,12,23-27,30-31,35,37,46,49,62H,11,13-22,28-29,32-34H2,1-4H3,(H,60,61)(H,64,68)/t46?,49-/m0/s1. The summed E-state index contributed by atoms with van der Waals surface area (Å²) in [5.74, 6) is -0.989. The fourth-order valence-corrected chi connectivity index (χ4v) is 12.9. The Balaban J connectivity index is 0.844. The molecule has 20 heteroatoms. The topological polar surface area (TPSA) is 180 Å². The van der Waals surface area contributed by atoms with Crippen LogP contribution in [0.2, 0.25) is 0 Å². The predicted molar refractivity (Wildman–Crippen MR) is 283 cm³/mol. The number of hydrogen-bond donors (Lipinski definition) is 3. The molecule has 1 saturated carbocycles. The smallest absolute Gasteiger partial charge is 0.268 e. The summed E-state index contributed by atoms with van der Waals surface area (Å²) in [4.78, 5) is 39.7. The minimum atomic E-state index is -4.67. The van der Waals surface area contributed by atoms with Crippen molar-refractivity contribution >= 4 is 32.7 Å². The summed E-state index contributed by atoms with van der Waals surface area (Å²) in [6.07, 6.45) is 8.70. The number of piperazine rings is 1. The maximum Gasteiger partial charge on any atom is 0.268 e. The van der Waals surface area contributed by atoms with Crippen LogP contribution in [0.15, 0.2) is 101 Å². The molecule has 3 aliphatic heterocycles. The number of H-pyrrole nitrogens is 1. The second-order valence-electron chi connectivity index (χ2n) is 21.3. The molecule has 3 N–H and O–H groups in total. The van der Waals surface area contributed by atoms with Gasteiger partial charge in [0.25, 0.3) is 15.9 Å². The lowest BCUT2D eigenvalue weighted by atomic mass is 9.59. The van der Waals surface area contributed by atoms with Crippen molar-refractivity contribution in [3.05, 3.63) is 135 Å². The van der Waals surface area contributed by atoms with Gasteiger partial charge >= 0.3 is 0 Å². The maximum absolute atomic E-state index is 16.6. The predicted octanol–water partition coefficient (Wildman–Crippen LogP) is 9.56. The van der Waals surface area contributed by atoms with Crippen LogP contribution < -0.4 is 29.1 Å². The highest BCUT2D eigenvalue weighted by molar-refractivity contribution is 7.94. The molecule has 0 bridgehead atoms. The quantitative estimate of drug-likeness (QED) is 0.0751. The fraction of sp³-hybridized carbons (Fsp3) is 0.464. The van der Waals surface area contributed by atoms with E-state index in [0.717, 1.165) is 75.8 Å². The number of allylic oxidation sites excluding steroid dienone is 1. The summed E-state index contributed by atoms with van der Waals surface area (Å²) in [6.45, 7) is 9.43. The number of nitrogens with one attached hydrogen (secondary N) is 3. The van der Waals surface area contributed by atoms with Crippen molar-refractivity contribution in [2.45, 2.75) is 95.1 Å². The first-order valence-corrected chi connectivity index (χ1v) is 27.5. The van der Waals surface area contributed by atoms with Gasteiger partial charge in [0.05, 0.1) is 48.0 Å². The van der Waals surface area contributed by atoms with E-state index in [1.807, 2.05) is 15.7 Å². The normalized spacial score (nSPS) is 21.2. The Morgan fingerprint density at radius 1 is 0.947 bits per heavy atom. The molecule has 16 nitrogen and oxygen atoms in total. The van der Waals surface area contributed by atoms with Crippen molar-refractivity contribution in [3.63, 3.8) is 0 Å². The molecular formula is C56H65F3N8O8S. The number of ether oxygens (including phenoxy) is 4. The van der Waals surface area contributed by atoms with Crippen molar-refractivity contribution in [1.29, 1.82) is 0 Å². The number of anilines is 1. The average molecular weight is 1070 g/mol. The second-order valence-corrected chi connectivity index (χ2v) is 22.9. The number of sulfonamides is 1. The lowest BCUT2D eigenvalue weighted by Crippen LogP contribution is -2.60. The summed E-state index contributed by atoms with van der Waals surface area (Å²) in [6, 6.07) is 18.4. The zero-order valence-electron chi connectivity index (χ0n) is 43.3. The Kier molecular flexibility index (Phi) is 15.3. The molecule has 5 aromatic rings. The number of benzene rings is 3. The minimum absolute atomic E-state index is 0.0173. The summed E-state index contributed by atoms with van der Waals surface area (Å²) < 4.78 is 98.8. The van der Waals surface area contributed by atoms with Crippen LogP contribution in [0.4, 0.5) is 18.9 Å². The van der Waals surface area contributed by atoms with E-state index >= 15 is 8.78 Å². The van der Waals surface area contributed by atoms with E-state index in [9.17, 15) is 22.5 Å². The van der Waals surface area contributed by atoms with Crippen LogP contribution in [0, 0.1) is 22.0 Å². The number of amides is 1. The van der Waals surface area contributed by atoms with E-state index in [0.29, 0.717) is 36.5 Å². The van der Waals surface area contributed by atoms with Crippen LogP contribution in [0.5, 0.6) is 23.0 Å². The molecule has 1 unspecified atom stereocenters. The number of piperidine rings is 1. The number of nitrogens with zero attached hydrogens (tertiary/aromatic N) is 5. The monoisotopic (exact) mass is 1070 g/mol. The van der Waals surface area contributed by atoms with Gasteiger partial charge in [0, 0.05) is 96.2 Å². The summed E-state index contributed by atoms with van der Waals surface area (Å²) in [5, 5.41) is 6.11. The molecule has 3 aromatic carbocycles. The van der Waals surface area contributed by atoms with Gasteiger partial charge < -0.3 is 34.1 Å². The van der Waals surface area contributed by atoms with E-state index in [1.165, 1.54) is 35.5 Å². The molecule has 404 valence electrons. The fourth-order valence-electron chi connectivity index (χ4n) is 11.9. The molecule has 2 atom stereocenters. The van der Waals surface area contributed by atoms with E-state index in [1.54, 1.807) is 14.2 Å². The third-order valence-corrected chi connectivity index (χ3v) is 17.5. The van der Waals surface area contributed by atoms with Crippen molar-refractivity contribution in [3.8, 4) is 23.0 Å². The van der Waals surface area contributed by atoms with Gasteiger partial charge in [-0.05, 0) is 95.6 Å². The van der Waals surface area contributed by atoms with Crippen LogP contribution in [0.3, 0.4) is 0 Å². The second kappa shape index (κ2) is 22.0. The highest BCUT2D eigenvalue weighted by atomic mass is 32.2. The minimum Gasteiger partial charge on any atom is -0.493 e. The summed E-state index contributed by atoms with van der Waals surface area (Å²) in [7, 11) is -1.38. The number of aromatic amines is 1. The van der Waals surface area contributed by atoms with E-state index < -0.39 is 49.7 Å². The molecule has 1 amide bonds. The van der Waals surface area contributed by atoms with Crippen LogP contribution in [0.1, 0.15) is 97.8 Å². The highest BCUT2D eigenvalue weighted by Gasteiger charge is 2.50. The first-order chi connectivity index (χ1) is 36.6.